The van der Waals surface area contributed by atoms with Gasteiger partial charge in [-0.25, -0.2) is 9.18 Å². The molecule has 2 heterocycles. The molecule has 0 fully saturated rings. The molecule has 0 saturated heterocycles. The summed E-state index contributed by atoms with van der Waals surface area (Å²) in [7, 11) is 0. The van der Waals surface area contributed by atoms with Crippen LogP contribution in [-0.2, 0) is 14.3 Å². The maximum Gasteiger partial charge on any atom is 0.336 e. The number of nitrogens with zero attached hydrogens (tertiary/aromatic N) is 2. The number of nitro benzene ring substituents is 1. The van der Waals surface area contributed by atoms with E-state index in [1.165, 1.54) is 47.4 Å². The Morgan fingerprint density at radius 2 is 1.89 bits per heavy atom. The van der Waals surface area contributed by atoms with Gasteiger partial charge >= 0.3 is 5.97 Å². The maximum absolute atomic E-state index is 13.6. The molecule has 2 aliphatic heterocycles. The first-order chi connectivity index (χ1) is 13.0. The Morgan fingerprint density at radius 1 is 1.15 bits per heavy atom. The second kappa shape index (κ2) is 6.31. The zero-order valence-corrected chi connectivity index (χ0v) is 13.9. The van der Waals surface area contributed by atoms with Crippen molar-refractivity contribution in [3.8, 4) is 0 Å². The number of carbonyl (C=O) groups excluding carboxylic acids is 2. The summed E-state index contributed by atoms with van der Waals surface area (Å²) in [5.74, 6) is -1.90. The van der Waals surface area contributed by atoms with Gasteiger partial charge in [-0.1, -0.05) is 18.2 Å². The van der Waals surface area contributed by atoms with Crippen LogP contribution in [0.4, 0.5) is 15.8 Å². The highest BCUT2D eigenvalue weighted by molar-refractivity contribution is 6.06. The third-order valence-corrected chi connectivity index (χ3v) is 4.69. The Morgan fingerprint density at radius 3 is 2.56 bits per heavy atom. The molecule has 2 aliphatic rings. The number of amides is 1. The van der Waals surface area contributed by atoms with Gasteiger partial charge in [0.05, 0.1) is 21.9 Å². The number of rotatable bonds is 3. The SMILES string of the molecule is O=C1OCC2=C1[C@H](c1ccc([N+](=O)[O-])cc1)CC(=O)N2c1cccc(F)c1. The maximum atomic E-state index is 13.6. The molecular weight excluding hydrogens is 355 g/mol. The molecule has 0 spiro atoms. The van der Waals surface area contributed by atoms with Crippen molar-refractivity contribution in [3.05, 3.63) is 81.3 Å². The van der Waals surface area contributed by atoms with Crippen LogP contribution in [0.1, 0.15) is 17.9 Å². The molecule has 136 valence electrons. The van der Waals surface area contributed by atoms with Gasteiger partial charge in [-0.2, -0.15) is 0 Å². The van der Waals surface area contributed by atoms with E-state index < -0.39 is 22.6 Å². The predicted octanol–water partition coefficient (Wildman–Crippen LogP) is 3.07. The fourth-order valence-electron chi connectivity index (χ4n) is 3.48. The lowest BCUT2D eigenvalue weighted by atomic mass is 9.84. The first kappa shape index (κ1) is 16.9. The summed E-state index contributed by atoms with van der Waals surface area (Å²) in [4.78, 5) is 36.8. The van der Waals surface area contributed by atoms with Crippen LogP contribution in [0.25, 0.3) is 0 Å². The molecule has 27 heavy (non-hydrogen) atoms. The lowest BCUT2D eigenvalue weighted by Crippen LogP contribution is -2.37. The van der Waals surface area contributed by atoms with Crippen molar-refractivity contribution < 1.29 is 23.6 Å². The number of anilines is 1. The molecule has 4 rings (SSSR count). The minimum absolute atomic E-state index is 0.0255. The van der Waals surface area contributed by atoms with Gasteiger partial charge in [-0.3, -0.25) is 19.8 Å². The number of cyclic esters (lactones) is 1. The number of halogens is 1. The van der Waals surface area contributed by atoms with Crippen LogP contribution in [-0.4, -0.2) is 23.4 Å². The molecule has 7 nitrogen and oxygen atoms in total. The molecule has 0 aliphatic carbocycles. The van der Waals surface area contributed by atoms with Crippen LogP contribution in [0, 0.1) is 15.9 Å². The monoisotopic (exact) mass is 368 g/mol. The summed E-state index contributed by atoms with van der Waals surface area (Å²) in [5, 5.41) is 10.8. The minimum Gasteiger partial charge on any atom is -0.456 e. The van der Waals surface area contributed by atoms with Crippen LogP contribution >= 0.6 is 0 Å². The van der Waals surface area contributed by atoms with E-state index in [1.807, 2.05) is 0 Å². The number of non-ortho nitro benzene ring substituents is 1. The highest BCUT2D eigenvalue weighted by Gasteiger charge is 2.43. The molecular formula is C19H13FN2O5. The van der Waals surface area contributed by atoms with E-state index in [9.17, 15) is 24.1 Å². The normalized spacial score (nSPS) is 19.1. The first-order valence-corrected chi connectivity index (χ1v) is 8.19. The quantitative estimate of drug-likeness (QED) is 0.472. The summed E-state index contributed by atoms with van der Waals surface area (Å²) >= 11 is 0. The lowest BCUT2D eigenvalue weighted by Gasteiger charge is -2.31. The van der Waals surface area contributed by atoms with Gasteiger partial charge in [0.2, 0.25) is 5.91 Å². The lowest BCUT2D eigenvalue weighted by molar-refractivity contribution is -0.384. The average molecular weight is 368 g/mol. The molecule has 2 aromatic rings. The van der Waals surface area contributed by atoms with Crippen LogP contribution in [0.3, 0.4) is 0 Å². The first-order valence-electron chi connectivity index (χ1n) is 8.19. The molecule has 0 aromatic heterocycles. The predicted molar refractivity (Wildman–Crippen MR) is 92.3 cm³/mol. The number of carbonyl (C=O) groups is 2. The fourth-order valence-corrected chi connectivity index (χ4v) is 3.48. The van der Waals surface area contributed by atoms with E-state index in [-0.39, 0.29) is 24.6 Å². The van der Waals surface area contributed by atoms with E-state index in [2.05, 4.69) is 0 Å². The molecule has 2 aromatic carbocycles. The zero-order valence-electron chi connectivity index (χ0n) is 13.9. The summed E-state index contributed by atoms with van der Waals surface area (Å²) < 4.78 is 18.7. The van der Waals surface area contributed by atoms with Gasteiger partial charge < -0.3 is 4.74 Å². The van der Waals surface area contributed by atoms with E-state index in [4.69, 9.17) is 4.74 Å². The summed E-state index contributed by atoms with van der Waals surface area (Å²) in [6.07, 6.45) is -0.0255. The number of ether oxygens (including phenoxy) is 1. The number of hydrogen-bond acceptors (Lipinski definition) is 5. The minimum atomic E-state index is -0.562. The number of benzene rings is 2. The Balaban J connectivity index is 1.79. The molecule has 0 bridgehead atoms. The highest BCUT2D eigenvalue weighted by atomic mass is 19.1. The van der Waals surface area contributed by atoms with Gasteiger partial charge in [0.15, 0.2) is 0 Å². The third kappa shape index (κ3) is 2.84. The Labute approximate surface area is 152 Å². The fraction of sp³-hybridized carbons (Fsp3) is 0.158. The van der Waals surface area contributed by atoms with E-state index in [0.717, 1.165) is 0 Å². The number of hydrogen-bond donors (Lipinski definition) is 0. The molecule has 1 amide bonds. The average Bonchev–Trinajstić information content (AvgIpc) is 3.02. The van der Waals surface area contributed by atoms with Crippen molar-refractivity contribution in [1.82, 2.24) is 0 Å². The zero-order chi connectivity index (χ0) is 19.1. The van der Waals surface area contributed by atoms with E-state index in [0.29, 0.717) is 22.5 Å². The second-order valence-electron chi connectivity index (χ2n) is 6.25. The summed E-state index contributed by atoms with van der Waals surface area (Å²) in [6, 6.07) is 11.3. The molecule has 8 heteroatoms. The van der Waals surface area contributed by atoms with Crippen molar-refractivity contribution in [2.24, 2.45) is 0 Å². The van der Waals surface area contributed by atoms with E-state index >= 15 is 0 Å². The number of esters is 1. The van der Waals surface area contributed by atoms with Gasteiger partial charge in [0.25, 0.3) is 5.69 Å². The standard InChI is InChI=1S/C19H13FN2O5/c20-12-2-1-3-14(8-12)21-16-10-27-19(24)18(16)15(9-17(21)23)11-4-6-13(7-5-11)22(25)26/h1-8,15H,9-10H2/t15-/m0/s1. The molecule has 0 unspecified atom stereocenters. The van der Waals surface area contributed by atoms with Gasteiger partial charge in [0, 0.05) is 24.5 Å². The van der Waals surface area contributed by atoms with E-state index in [1.54, 1.807) is 6.07 Å². The van der Waals surface area contributed by atoms with Crippen LogP contribution in [0.15, 0.2) is 59.8 Å². The topological polar surface area (TPSA) is 89.7 Å². The molecule has 0 saturated carbocycles. The Kier molecular flexibility index (Phi) is 3.95. The van der Waals surface area contributed by atoms with Crippen LogP contribution in [0.2, 0.25) is 0 Å². The second-order valence-corrected chi connectivity index (χ2v) is 6.25. The largest absolute Gasteiger partial charge is 0.456 e. The van der Waals surface area contributed by atoms with Crippen molar-refractivity contribution >= 4 is 23.3 Å². The molecule has 0 radical (unpaired) electrons. The van der Waals surface area contributed by atoms with Gasteiger partial charge in [0.1, 0.15) is 12.4 Å². The summed E-state index contributed by atoms with van der Waals surface area (Å²) in [5.41, 5.74) is 1.57. The van der Waals surface area contributed by atoms with Gasteiger partial charge in [-0.15, -0.1) is 0 Å². The number of nitro groups is 1. The highest BCUT2D eigenvalue weighted by Crippen LogP contribution is 2.42. The van der Waals surface area contributed by atoms with Crippen LogP contribution < -0.4 is 4.90 Å². The smallest absolute Gasteiger partial charge is 0.336 e. The van der Waals surface area contributed by atoms with Crippen molar-refractivity contribution in [2.75, 3.05) is 11.5 Å². The van der Waals surface area contributed by atoms with Gasteiger partial charge in [-0.05, 0) is 23.8 Å². The third-order valence-electron chi connectivity index (χ3n) is 4.69. The van der Waals surface area contributed by atoms with Crippen molar-refractivity contribution in [2.45, 2.75) is 12.3 Å². The van der Waals surface area contributed by atoms with Crippen molar-refractivity contribution in [1.29, 1.82) is 0 Å². The molecule has 1 atom stereocenters. The summed E-state index contributed by atoms with van der Waals surface area (Å²) in [6.45, 7) is -0.0834. The Bertz CT molecular complexity index is 999. The Hall–Kier alpha value is -3.55. The van der Waals surface area contributed by atoms with Crippen molar-refractivity contribution in [3.63, 3.8) is 0 Å². The molecule has 0 N–H and O–H groups in total. The van der Waals surface area contributed by atoms with Crippen LogP contribution in [0.5, 0.6) is 0 Å².